The van der Waals surface area contributed by atoms with Crippen LogP contribution >= 0.6 is 0 Å². The molecular formula is C11H24N2O2S. The van der Waals surface area contributed by atoms with E-state index in [1.165, 1.54) is 0 Å². The summed E-state index contributed by atoms with van der Waals surface area (Å²) in [5.41, 5.74) is 5.50. The Morgan fingerprint density at radius 2 is 2.06 bits per heavy atom. The average Bonchev–Trinajstić information content (AvgIpc) is 2.14. The lowest BCUT2D eigenvalue weighted by Gasteiger charge is -2.44. The van der Waals surface area contributed by atoms with Gasteiger partial charge in [0.2, 0.25) is 0 Å². The fraction of sp³-hybridized carbons (Fsp3) is 1.00. The van der Waals surface area contributed by atoms with Gasteiger partial charge in [0.25, 0.3) is 0 Å². The lowest BCUT2D eigenvalue weighted by molar-refractivity contribution is 0.117. The molecule has 1 fully saturated rings. The molecule has 16 heavy (non-hydrogen) atoms. The van der Waals surface area contributed by atoms with Crippen LogP contribution in [0.3, 0.4) is 0 Å². The number of nitrogens with two attached hydrogens (primary N) is 1. The van der Waals surface area contributed by atoms with Gasteiger partial charge in [-0.1, -0.05) is 13.8 Å². The summed E-state index contributed by atoms with van der Waals surface area (Å²) in [5, 5.41) is 0. The van der Waals surface area contributed by atoms with Crippen LogP contribution in [0.4, 0.5) is 0 Å². The van der Waals surface area contributed by atoms with Crippen molar-refractivity contribution in [2.75, 3.05) is 31.6 Å². The van der Waals surface area contributed by atoms with Crippen molar-refractivity contribution in [3.05, 3.63) is 0 Å². The summed E-state index contributed by atoms with van der Waals surface area (Å²) < 4.78 is 23.5. The maximum absolute atomic E-state index is 11.7. The molecule has 1 aliphatic rings. The van der Waals surface area contributed by atoms with E-state index in [0.29, 0.717) is 18.2 Å². The summed E-state index contributed by atoms with van der Waals surface area (Å²) in [6, 6.07) is 0. The van der Waals surface area contributed by atoms with Gasteiger partial charge in [0, 0.05) is 18.6 Å². The van der Waals surface area contributed by atoms with Crippen LogP contribution in [0.5, 0.6) is 0 Å². The molecule has 96 valence electrons. The van der Waals surface area contributed by atoms with Crippen LogP contribution in [-0.2, 0) is 9.84 Å². The summed E-state index contributed by atoms with van der Waals surface area (Å²) in [4.78, 5) is 2.15. The number of hydrogen-bond donors (Lipinski definition) is 1. The van der Waals surface area contributed by atoms with Crippen molar-refractivity contribution in [2.45, 2.75) is 32.2 Å². The largest absolute Gasteiger partial charge is 0.329 e. The zero-order valence-corrected chi connectivity index (χ0v) is 11.4. The summed E-state index contributed by atoms with van der Waals surface area (Å²) >= 11 is 0. The maximum atomic E-state index is 11.7. The highest BCUT2D eigenvalue weighted by Gasteiger charge is 2.41. The van der Waals surface area contributed by atoms with Crippen molar-refractivity contribution in [3.8, 4) is 0 Å². The molecule has 0 amide bonds. The first-order valence-electron chi connectivity index (χ1n) is 5.93. The average molecular weight is 248 g/mol. The molecule has 1 saturated heterocycles. The Bertz CT molecular complexity index is 327. The van der Waals surface area contributed by atoms with Crippen LogP contribution in [0.25, 0.3) is 0 Å². The number of likely N-dealkylation sites (N-methyl/N-ethyl adjacent to an activating group) is 1. The Hall–Kier alpha value is -0.130. The van der Waals surface area contributed by atoms with Crippen molar-refractivity contribution in [3.63, 3.8) is 0 Å². The molecule has 1 aliphatic heterocycles. The predicted molar refractivity (Wildman–Crippen MR) is 67.1 cm³/mol. The molecule has 0 aliphatic carbocycles. The van der Waals surface area contributed by atoms with E-state index in [1.807, 2.05) is 7.05 Å². The van der Waals surface area contributed by atoms with E-state index in [0.717, 1.165) is 19.4 Å². The van der Waals surface area contributed by atoms with Crippen LogP contribution in [0.2, 0.25) is 0 Å². The van der Waals surface area contributed by atoms with E-state index in [4.69, 9.17) is 5.73 Å². The molecule has 0 radical (unpaired) electrons. The third-order valence-corrected chi connectivity index (χ3v) is 5.30. The van der Waals surface area contributed by atoms with Crippen LogP contribution in [0, 0.1) is 5.92 Å². The van der Waals surface area contributed by atoms with Crippen molar-refractivity contribution in [1.29, 1.82) is 0 Å². The van der Waals surface area contributed by atoms with Gasteiger partial charge in [-0.3, -0.25) is 4.90 Å². The zero-order chi connectivity index (χ0) is 12.4. The highest BCUT2D eigenvalue weighted by molar-refractivity contribution is 7.91. The minimum atomic E-state index is -2.90. The quantitative estimate of drug-likeness (QED) is 0.786. The summed E-state index contributed by atoms with van der Waals surface area (Å²) in [6.07, 6.45) is 1.63. The standard InChI is InChI=1S/C11H24N2O2S/c1-10(2)7-13(3)11(8-12)5-4-6-16(14,15)9-11/h10H,4-9,12H2,1-3H3. The third kappa shape index (κ3) is 3.18. The van der Waals surface area contributed by atoms with Crippen molar-refractivity contribution < 1.29 is 8.42 Å². The van der Waals surface area contributed by atoms with Crippen molar-refractivity contribution >= 4 is 9.84 Å². The topological polar surface area (TPSA) is 63.4 Å². The molecule has 0 aromatic carbocycles. The van der Waals surface area contributed by atoms with Crippen LogP contribution in [0.1, 0.15) is 26.7 Å². The normalized spacial score (nSPS) is 29.9. The lowest BCUT2D eigenvalue weighted by Crippen LogP contribution is -2.59. The van der Waals surface area contributed by atoms with Crippen LogP contribution in [0.15, 0.2) is 0 Å². The smallest absolute Gasteiger partial charge is 0.152 e. The number of sulfone groups is 1. The minimum absolute atomic E-state index is 0.222. The molecular weight excluding hydrogens is 224 g/mol. The molecule has 4 nitrogen and oxygen atoms in total. The molecule has 1 heterocycles. The van der Waals surface area contributed by atoms with Crippen molar-refractivity contribution in [2.24, 2.45) is 11.7 Å². The monoisotopic (exact) mass is 248 g/mol. The highest BCUT2D eigenvalue weighted by atomic mass is 32.2. The van der Waals surface area contributed by atoms with Crippen molar-refractivity contribution in [1.82, 2.24) is 4.90 Å². The van der Waals surface area contributed by atoms with Gasteiger partial charge < -0.3 is 5.73 Å². The number of hydrogen-bond acceptors (Lipinski definition) is 4. The van der Waals surface area contributed by atoms with E-state index in [1.54, 1.807) is 0 Å². The first kappa shape index (κ1) is 13.9. The molecule has 5 heteroatoms. The molecule has 2 N–H and O–H groups in total. The van der Waals surface area contributed by atoms with Crippen LogP contribution < -0.4 is 5.73 Å². The molecule has 0 aromatic rings. The van der Waals surface area contributed by atoms with Gasteiger partial charge in [-0.2, -0.15) is 0 Å². The second-order valence-corrected chi connectivity index (χ2v) is 7.58. The van der Waals surface area contributed by atoms with Gasteiger partial charge in [-0.25, -0.2) is 8.42 Å². The summed E-state index contributed by atoms with van der Waals surface area (Å²) in [6.45, 7) is 5.60. The molecule has 0 saturated carbocycles. The number of rotatable bonds is 4. The molecule has 1 unspecified atom stereocenters. The Labute approximate surface area is 99.1 Å². The van der Waals surface area contributed by atoms with Gasteiger partial charge in [0.05, 0.1) is 11.5 Å². The highest BCUT2D eigenvalue weighted by Crippen LogP contribution is 2.27. The predicted octanol–water partition coefficient (Wildman–Crippen LogP) is 0.480. The Morgan fingerprint density at radius 1 is 1.44 bits per heavy atom. The first-order chi connectivity index (χ1) is 7.31. The van der Waals surface area contributed by atoms with Gasteiger partial charge in [-0.05, 0) is 25.8 Å². The second kappa shape index (κ2) is 5.02. The zero-order valence-electron chi connectivity index (χ0n) is 10.6. The summed E-state index contributed by atoms with van der Waals surface area (Å²) in [7, 11) is -0.911. The minimum Gasteiger partial charge on any atom is -0.329 e. The lowest BCUT2D eigenvalue weighted by atomic mass is 9.92. The van der Waals surface area contributed by atoms with Crippen LogP contribution in [-0.4, -0.2) is 50.5 Å². The molecule has 0 spiro atoms. The Morgan fingerprint density at radius 3 is 2.50 bits per heavy atom. The third-order valence-electron chi connectivity index (χ3n) is 3.41. The van der Waals surface area contributed by atoms with Gasteiger partial charge >= 0.3 is 0 Å². The molecule has 0 aromatic heterocycles. The van der Waals surface area contributed by atoms with E-state index < -0.39 is 9.84 Å². The maximum Gasteiger partial charge on any atom is 0.152 e. The number of nitrogens with zero attached hydrogens (tertiary/aromatic N) is 1. The van der Waals surface area contributed by atoms with Gasteiger partial charge in [-0.15, -0.1) is 0 Å². The first-order valence-corrected chi connectivity index (χ1v) is 7.75. The SMILES string of the molecule is CC(C)CN(C)C1(CN)CCCS(=O)(=O)C1. The Balaban J connectivity index is 2.84. The van der Waals surface area contributed by atoms with E-state index in [-0.39, 0.29) is 11.3 Å². The fourth-order valence-corrected chi connectivity index (χ4v) is 4.56. The molecule has 1 rings (SSSR count). The molecule has 1 atom stereocenters. The van der Waals surface area contributed by atoms with E-state index in [9.17, 15) is 8.42 Å². The fourth-order valence-electron chi connectivity index (χ4n) is 2.53. The Kier molecular flexibility index (Phi) is 4.37. The van der Waals surface area contributed by atoms with Gasteiger partial charge in [0.1, 0.15) is 0 Å². The summed E-state index contributed by atoms with van der Waals surface area (Å²) in [5.74, 6) is 1.07. The van der Waals surface area contributed by atoms with E-state index >= 15 is 0 Å². The van der Waals surface area contributed by atoms with Gasteiger partial charge in [0.15, 0.2) is 9.84 Å². The second-order valence-electron chi connectivity index (χ2n) is 5.40. The van der Waals surface area contributed by atoms with E-state index in [2.05, 4.69) is 18.7 Å². The molecule has 0 bridgehead atoms.